The van der Waals surface area contributed by atoms with Gasteiger partial charge in [-0.15, -0.1) is 0 Å². The predicted molar refractivity (Wildman–Crippen MR) is 88.8 cm³/mol. The Hall–Kier alpha value is -2.35. The quantitative estimate of drug-likeness (QED) is 0.784. The van der Waals surface area contributed by atoms with Crippen LogP contribution in [0.2, 0.25) is 0 Å². The lowest BCUT2D eigenvalue weighted by Crippen LogP contribution is -2.42. The molecule has 7 nitrogen and oxygen atoms in total. The molecular formula is C16H19NO6S. The number of carbonyl (C=O) groups excluding carboxylic acids is 1. The van der Waals surface area contributed by atoms with Gasteiger partial charge in [0.25, 0.3) is 5.91 Å². The van der Waals surface area contributed by atoms with Crippen LogP contribution >= 0.6 is 0 Å². The topological polar surface area (TPSA) is 114 Å². The molecule has 2 rings (SSSR count). The fraction of sp³-hybridized carbons (Fsp3) is 0.375. The van der Waals surface area contributed by atoms with Gasteiger partial charge in [0.2, 0.25) is 0 Å². The van der Waals surface area contributed by atoms with Gasteiger partial charge in [0.1, 0.15) is 21.5 Å². The van der Waals surface area contributed by atoms with Crippen molar-refractivity contribution in [1.29, 1.82) is 0 Å². The van der Waals surface area contributed by atoms with E-state index in [1.54, 1.807) is 25.1 Å². The third-order valence-corrected chi connectivity index (χ3v) is 5.55. The minimum Gasteiger partial charge on any atom is -0.480 e. The second-order valence-corrected chi connectivity index (χ2v) is 7.91. The Balaban J connectivity index is 2.18. The number of carboxylic acid groups (broad SMARTS) is 1. The maximum atomic E-state index is 12.3. The smallest absolute Gasteiger partial charge is 0.326 e. The number of aliphatic carboxylic acids is 1. The average molecular weight is 353 g/mol. The molecular weight excluding hydrogens is 334 g/mol. The highest BCUT2D eigenvalue weighted by molar-refractivity contribution is 7.91. The fourth-order valence-corrected chi connectivity index (χ4v) is 3.20. The fourth-order valence-electron chi connectivity index (χ4n) is 2.31. The number of fused-ring (bicyclic) bond motifs is 1. The summed E-state index contributed by atoms with van der Waals surface area (Å²) in [6.07, 6.45) is -0.198. The van der Waals surface area contributed by atoms with Crippen molar-refractivity contribution < 1.29 is 27.5 Å². The molecule has 0 saturated carbocycles. The molecule has 0 bridgehead atoms. The lowest BCUT2D eigenvalue weighted by atomic mass is 10.1. The van der Waals surface area contributed by atoms with Gasteiger partial charge in [-0.3, -0.25) is 4.79 Å². The molecule has 0 saturated heterocycles. The molecule has 1 amide bonds. The van der Waals surface area contributed by atoms with Crippen molar-refractivity contribution in [3.8, 4) is 0 Å². The first-order valence-corrected chi connectivity index (χ1v) is 9.29. The average Bonchev–Trinajstić information content (AvgIpc) is 2.88. The van der Waals surface area contributed by atoms with E-state index in [4.69, 9.17) is 4.42 Å². The zero-order valence-electron chi connectivity index (χ0n) is 13.4. The van der Waals surface area contributed by atoms with E-state index in [9.17, 15) is 23.1 Å². The van der Waals surface area contributed by atoms with Gasteiger partial charge in [-0.1, -0.05) is 25.1 Å². The number of rotatable bonds is 7. The second kappa shape index (κ2) is 7.04. The van der Waals surface area contributed by atoms with Crippen molar-refractivity contribution >= 4 is 32.7 Å². The molecule has 1 aromatic heterocycles. The number of hydrogen-bond acceptors (Lipinski definition) is 5. The summed E-state index contributed by atoms with van der Waals surface area (Å²) in [6, 6.07) is 5.78. The number of aryl methyl sites for hydroxylation is 1. The third kappa shape index (κ3) is 3.94. The third-order valence-electron chi connectivity index (χ3n) is 3.81. The van der Waals surface area contributed by atoms with Crippen molar-refractivity contribution in [2.75, 3.05) is 11.5 Å². The summed E-state index contributed by atoms with van der Waals surface area (Å²) in [4.78, 5) is 23.6. The summed E-state index contributed by atoms with van der Waals surface area (Å²) in [5.74, 6) is -2.32. The molecule has 1 atom stereocenters. The van der Waals surface area contributed by atoms with Gasteiger partial charge < -0.3 is 14.8 Å². The first kappa shape index (κ1) is 18.0. The molecule has 130 valence electrons. The van der Waals surface area contributed by atoms with E-state index in [1.807, 2.05) is 6.07 Å². The largest absolute Gasteiger partial charge is 0.480 e. The molecule has 0 fully saturated rings. The zero-order chi connectivity index (χ0) is 17.9. The number of furan rings is 1. The highest BCUT2D eigenvalue weighted by atomic mass is 32.2. The van der Waals surface area contributed by atoms with Gasteiger partial charge in [0, 0.05) is 16.7 Å². The van der Waals surface area contributed by atoms with E-state index < -0.39 is 27.8 Å². The molecule has 2 aromatic rings. The molecule has 24 heavy (non-hydrogen) atoms. The van der Waals surface area contributed by atoms with E-state index in [0.29, 0.717) is 11.1 Å². The molecule has 1 unspecified atom stereocenters. The van der Waals surface area contributed by atoms with Crippen molar-refractivity contribution in [1.82, 2.24) is 5.32 Å². The highest BCUT2D eigenvalue weighted by Crippen LogP contribution is 2.24. The summed E-state index contributed by atoms with van der Waals surface area (Å²) in [7, 11) is -3.32. The van der Waals surface area contributed by atoms with Gasteiger partial charge in [-0.05, 0) is 19.4 Å². The monoisotopic (exact) mass is 353 g/mol. The van der Waals surface area contributed by atoms with Crippen LogP contribution in [-0.4, -0.2) is 42.9 Å². The number of sulfone groups is 1. The molecule has 0 aliphatic carbocycles. The van der Waals surface area contributed by atoms with Crippen LogP contribution in [0.1, 0.15) is 29.5 Å². The Morgan fingerprint density at radius 3 is 2.54 bits per heavy atom. The summed E-state index contributed by atoms with van der Waals surface area (Å²) < 4.78 is 28.5. The van der Waals surface area contributed by atoms with Gasteiger partial charge >= 0.3 is 5.97 Å². The van der Waals surface area contributed by atoms with Crippen LogP contribution in [0.3, 0.4) is 0 Å². The molecule has 1 aromatic carbocycles. The SMILES string of the molecule is CCS(=O)(=O)CCC(NC(=O)c1oc2ccccc2c1C)C(=O)O. The maximum absolute atomic E-state index is 12.3. The number of hydrogen-bond donors (Lipinski definition) is 2. The van der Waals surface area contributed by atoms with E-state index in [-0.39, 0.29) is 23.7 Å². The van der Waals surface area contributed by atoms with Crippen LogP contribution in [-0.2, 0) is 14.6 Å². The first-order valence-electron chi connectivity index (χ1n) is 7.47. The molecule has 0 aliphatic heterocycles. The van der Waals surface area contributed by atoms with Crippen LogP contribution in [0.5, 0.6) is 0 Å². The summed E-state index contributed by atoms with van der Waals surface area (Å²) in [5, 5.41) is 12.3. The number of benzene rings is 1. The Morgan fingerprint density at radius 1 is 1.29 bits per heavy atom. The lowest BCUT2D eigenvalue weighted by Gasteiger charge is -2.13. The van der Waals surface area contributed by atoms with Crippen LogP contribution in [0.15, 0.2) is 28.7 Å². The minimum absolute atomic E-state index is 0.0285. The van der Waals surface area contributed by atoms with Gasteiger partial charge in [-0.25, -0.2) is 13.2 Å². The maximum Gasteiger partial charge on any atom is 0.326 e. The number of amides is 1. The Labute approximate surface area is 139 Å². The molecule has 1 heterocycles. The van der Waals surface area contributed by atoms with Crippen molar-refractivity contribution in [3.63, 3.8) is 0 Å². The number of para-hydroxylation sites is 1. The minimum atomic E-state index is -3.32. The van der Waals surface area contributed by atoms with Crippen molar-refractivity contribution in [2.45, 2.75) is 26.3 Å². The number of carboxylic acids is 1. The van der Waals surface area contributed by atoms with Gasteiger partial charge in [-0.2, -0.15) is 0 Å². The van der Waals surface area contributed by atoms with Crippen molar-refractivity contribution in [2.24, 2.45) is 0 Å². The normalized spacial score (nSPS) is 12.9. The van der Waals surface area contributed by atoms with E-state index in [0.717, 1.165) is 5.39 Å². The molecule has 0 aliphatic rings. The second-order valence-electron chi connectivity index (χ2n) is 5.44. The Kier molecular flexibility index (Phi) is 5.28. The number of carbonyl (C=O) groups is 2. The summed E-state index contributed by atoms with van der Waals surface area (Å²) in [6.45, 7) is 3.19. The molecule has 8 heteroatoms. The Bertz CT molecular complexity index is 868. The van der Waals surface area contributed by atoms with Crippen LogP contribution < -0.4 is 5.32 Å². The highest BCUT2D eigenvalue weighted by Gasteiger charge is 2.26. The van der Waals surface area contributed by atoms with Crippen LogP contribution in [0, 0.1) is 6.92 Å². The van der Waals surface area contributed by atoms with Crippen molar-refractivity contribution in [3.05, 3.63) is 35.6 Å². The van der Waals surface area contributed by atoms with Crippen LogP contribution in [0.25, 0.3) is 11.0 Å². The van der Waals surface area contributed by atoms with E-state index >= 15 is 0 Å². The molecule has 0 radical (unpaired) electrons. The van der Waals surface area contributed by atoms with Gasteiger partial charge in [0.15, 0.2) is 5.76 Å². The van der Waals surface area contributed by atoms with Gasteiger partial charge in [0.05, 0.1) is 5.75 Å². The molecule has 2 N–H and O–H groups in total. The Morgan fingerprint density at radius 2 is 1.96 bits per heavy atom. The summed E-state index contributed by atoms with van der Waals surface area (Å²) >= 11 is 0. The van der Waals surface area contributed by atoms with E-state index in [1.165, 1.54) is 6.92 Å². The number of nitrogens with one attached hydrogen (secondary N) is 1. The summed E-state index contributed by atoms with van der Waals surface area (Å²) in [5.41, 5.74) is 1.13. The lowest BCUT2D eigenvalue weighted by molar-refractivity contribution is -0.139. The first-order chi connectivity index (χ1) is 11.2. The van der Waals surface area contributed by atoms with Crippen LogP contribution in [0.4, 0.5) is 0 Å². The zero-order valence-corrected chi connectivity index (χ0v) is 14.2. The molecule has 0 spiro atoms. The standard InChI is InChI=1S/C16H19NO6S/c1-3-24(21,22)9-8-12(16(19)20)17-15(18)14-10(2)11-6-4-5-7-13(11)23-14/h4-7,12H,3,8-9H2,1-2H3,(H,17,18)(H,19,20). The van der Waals surface area contributed by atoms with E-state index in [2.05, 4.69) is 5.32 Å². The predicted octanol–water partition coefficient (Wildman–Crippen LogP) is 1.75.